The van der Waals surface area contributed by atoms with Gasteiger partial charge in [-0.25, -0.2) is 9.97 Å². The lowest BCUT2D eigenvalue weighted by molar-refractivity contribution is -0.121. The number of hydrogen-bond donors (Lipinski definition) is 2. The minimum Gasteiger partial charge on any atom is -0.366 e. The fourth-order valence-electron chi connectivity index (χ4n) is 2.58. The van der Waals surface area contributed by atoms with Crippen LogP contribution in [0.4, 0.5) is 5.00 Å². The van der Waals surface area contributed by atoms with Gasteiger partial charge in [-0.1, -0.05) is 0 Å². The minimum absolute atomic E-state index is 0.160. The van der Waals surface area contributed by atoms with E-state index < -0.39 is 5.91 Å². The second-order valence-electron chi connectivity index (χ2n) is 5.41. The second kappa shape index (κ2) is 6.43. The van der Waals surface area contributed by atoms with Gasteiger partial charge in [0.2, 0.25) is 5.91 Å². The van der Waals surface area contributed by atoms with E-state index in [0.29, 0.717) is 17.1 Å². The highest BCUT2D eigenvalue weighted by Gasteiger charge is 2.27. The van der Waals surface area contributed by atoms with Crippen LogP contribution in [0.5, 0.6) is 0 Å². The average molecular weight is 331 g/mol. The van der Waals surface area contributed by atoms with Crippen LogP contribution in [0.25, 0.3) is 0 Å². The summed E-state index contributed by atoms with van der Waals surface area (Å²) in [7, 11) is 0. The number of rotatable bonds is 4. The lowest BCUT2D eigenvalue weighted by Gasteiger charge is -2.31. The van der Waals surface area contributed by atoms with Crippen molar-refractivity contribution in [3.63, 3.8) is 0 Å². The Labute approximate surface area is 137 Å². The molecule has 2 aromatic heterocycles. The van der Waals surface area contributed by atoms with Gasteiger partial charge >= 0.3 is 0 Å². The van der Waals surface area contributed by atoms with Crippen molar-refractivity contribution in [1.82, 2.24) is 14.9 Å². The Morgan fingerprint density at radius 1 is 1.48 bits per heavy atom. The number of aromatic nitrogens is 2. The molecule has 1 atom stereocenters. The maximum absolute atomic E-state index is 12.5. The van der Waals surface area contributed by atoms with Crippen molar-refractivity contribution in [2.24, 2.45) is 5.73 Å². The molecular formula is C15H17N5O2S. The quantitative estimate of drug-likeness (QED) is 0.871. The van der Waals surface area contributed by atoms with E-state index in [-0.39, 0.29) is 11.9 Å². The number of thiophene rings is 1. The molecule has 0 unspecified atom stereocenters. The number of amides is 2. The van der Waals surface area contributed by atoms with Gasteiger partial charge in [0.1, 0.15) is 11.3 Å². The summed E-state index contributed by atoms with van der Waals surface area (Å²) < 4.78 is 0. The fraction of sp³-hybridized carbons (Fsp3) is 0.333. The third-order valence-corrected chi connectivity index (χ3v) is 4.83. The summed E-state index contributed by atoms with van der Waals surface area (Å²) >= 11 is 1.29. The van der Waals surface area contributed by atoms with Gasteiger partial charge in [-0.3, -0.25) is 14.5 Å². The van der Waals surface area contributed by atoms with Gasteiger partial charge in [0.05, 0.1) is 17.3 Å². The van der Waals surface area contributed by atoms with E-state index in [1.54, 1.807) is 11.4 Å². The maximum atomic E-state index is 12.5. The summed E-state index contributed by atoms with van der Waals surface area (Å²) in [6, 6.07) is 1.28. The van der Waals surface area contributed by atoms with Crippen molar-refractivity contribution in [1.29, 1.82) is 0 Å². The molecule has 23 heavy (non-hydrogen) atoms. The second-order valence-corrected chi connectivity index (χ2v) is 6.32. The number of anilines is 1. The van der Waals surface area contributed by atoms with E-state index in [2.05, 4.69) is 20.2 Å². The highest BCUT2D eigenvalue weighted by molar-refractivity contribution is 7.14. The standard InChI is InChI=1S/C15H17N5O2S/c1-9(14(22)19-15-11(13(16)21)3-5-23-15)20-4-2-10-6-17-8-18-12(10)7-20/h3,5-6,8-9H,2,4,7H2,1H3,(H2,16,21)(H,19,22)/t9-/m0/s1. The number of primary amides is 1. The number of nitrogens with two attached hydrogens (primary N) is 1. The molecule has 120 valence electrons. The van der Waals surface area contributed by atoms with Crippen molar-refractivity contribution in [3.8, 4) is 0 Å². The Morgan fingerprint density at radius 2 is 2.30 bits per heavy atom. The van der Waals surface area contributed by atoms with E-state index in [4.69, 9.17) is 5.73 Å². The monoisotopic (exact) mass is 331 g/mol. The lowest BCUT2D eigenvalue weighted by atomic mass is 10.1. The van der Waals surface area contributed by atoms with E-state index in [1.807, 2.05) is 13.1 Å². The molecule has 1 aliphatic rings. The molecule has 0 fully saturated rings. The molecular weight excluding hydrogens is 314 g/mol. The number of nitrogens with zero attached hydrogens (tertiary/aromatic N) is 3. The topological polar surface area (TPSA) is 101 Å². The molecule has 3 rings (SSSR count). The Hall–Kier alpha value is -2.32. The third kappa shape index (κ3) is 3.22. The van der Waals surface area contributed by atoms with Gasteiger partial charge in [0.15, 0.2) is 0 Å². The summed E-state index contributed by atoms with van der Waals surface area (Å²) in [6.45, 7) is 3.22. The molecule has 3 heterocycles. The van der Waals surface area contributed by atoms with E-state index in [0.717, 1.165) is 24.2 Å². The molecule has 0 aliphatic carbocycles. The van der Waals surface area contributed by atoms with Gasteiger partial charge in [0, 0.05) is 19.3 Å². The molecule has 2 amide bonds. The van der Waals surface area contributed by atoms with Crippen LogP contribution in [0.3, 0.4) is 0 Å². The summed E-state index contributed by atoms with van der Waals surface area (Å²) in [5.74, 6) is -0.703. The maximum Gasteiger partial charge on any atom is 0.251 e. The van der Waals surface area contributed by atoms with Crippen LogP contribution >= 0.6 is 11.3 Å². The molecule has 0 bridgehead atoms. The van der Waals surface area contributed by atoms with E-state index >= 15 is 0 Å². The lowest BCUT2D eigenvalue weighted by Crippen LogP contribution is -2.44. The Balaban J connectivity index is 1.69. The zero-order valence-corrected chi connectivity index (χ0v) is 13.5. The molecule has 0 spiro atoms. The third-order valence-electron chi connectivity index (χ3n) is 4.00. The Morgan fingerprint density at radius 3 is 3.09 bits per heavy atom. The molecule has 7 nitrogen and oxygen atoms in total. The Bertz CT molecular complexity index is 745. The first-order valence-electron chi connectivity index (χ1n) is 7.26. The number of carbonyl (C=O) groups excluding carboxylic acids is 2. The molecule has 3 N–H and O–H groups in total. The van der Waals surface area contributed by atoms with Crippen molar-refractivity contribution in [2.75, 3.05) is 11.9 Å². The predicted octanol–water partition coefficient (Wildman–Crippen LogP) is 1.02. The number of fused-ring (bicyclic) bond motifs is 1. The van der Waals surface area contributed by atoms with Crippen LogP contribution in [0.1, 0.15) is 28.5 Å². The summed E-state index contributed by atoms with van der Waals surface area (Å²) in [4.78, 5) is 34.2. The van der Waals surface area contributed by atoms with Crippen LogP contribution < -0.4 is 11.1 Å². The molecule has 1 aliphatic heterocycles. The van der Waals surface area contributed by atoms with Gasteiger partial charge in [-0.15, -0.1) is 11.3 Å². The normalized spacial score (nSPS) is 15.7. The highest BCUT2D eigenvalue weighted by Crippen LogP contribution is 2.24. The molecule has 0 saturated heterocycles. The summed E-state index contributed by atoms with van der Waals surface area (Å²) in [5.41, 5.74) is 7.73. The first-order chi connectivity index (χ1) is 11.1. The Kier molecular flexibility index (Phi) is 4.35. The SMILES string of the molecule is C[C@@H](C(=O)Nc1sccc1C(N)=O)N1CCc2cncnc2C1. The number of carbonyl (C=O) groups is 2. The van der Waals surface area contributed by atoms with Crippen molar-refractivity contribution in [2.45, 2.75) is 25.9 Å². The van der Waals surface area contributed by atoms with E-state index in [1.165, 1.54) is 17.7 Å². The molecule has 8 heteroatoms. The van der Waals surface area contributed by atoms with Crippen molar-refractivity contribution < 1.29 is 9.59 Å². The van der Waals surface area contributed by atoms with Crippen LogP contribution in [0, 0.1) is 0 Å². The zero-order valence-electron chi connectivity index (χ0n) is 12.7. The number of hydrogen-bond acceptors (Lipinski definition) is 6. The fourth-order valence-corrected chi connectivity index (χ4v) is 3.38. The van der Waals surface area contributed by atoms with Crippen molar-refractivity contribution in [3.05, 3.63) is 40.8 Å². The van der Waals surface area contributed by atoms with Crippen LogP contribution in [-0.4, -0.2) is 39.3 Å². The highest BCUT2D eigenvalue weighted by atomic mass is 32.1. The van der Waals surface area contributed by atoms with Crippen LogP contribution in [-0.2, 0) is 17.8 Å². The van der Waals surface area contributed by atoms with Gasteiger partial charge in [-0.2, -0.15) is 0 Å². The van der Waals surface area contributed by atoms with Gasteiger partial charge in [-0.05, 0) is 30.4 Å². The van der Waals surface area contributed by atoms with E-state index in [9.17, 15) is 9.59 Å². The largest absolute Gasteiger partial charge is 0.366 e. The van der Waals surface area contributed by atoms with Crippen molar-refractivity contribution >= 4 is 28.2 Å². The molecule has 0 radical (unpaired) electrons. The summed E-state index contributed by atoms with van der Waals surface area (Å²) in [6.07, 6.45) is 4.17. The average Bonchev–Trinajstić information content (AvgIpc) is 3.02. The predicted molar refractivity (Wildman–Crippen MR) is 87.1 cm³/mol. The first kappa shape index (κ1) is 15.6. The molecule has 2 aromatic rings. The first-order valence-corrected chi connectivity index (χ1v) is 8.14. The summed E-state index contributed by atoms with van der Waals surface area (Å²) in [5, 5.41) is 5.02. The van der Waals surface area contributed by atoms with Gasteiger partial charge < -0.3 is 11.1 Å². The van der Waals surface area contributed by atoms with Gasteiger partial charge in [0.25, 0.3) is 5.91 Å². The molecule has 0 saturated carbocycles. The minimum atomic E-state index is -0.544. The van der Waals surface area contributed by atoms with Crippen LogP contribution in [0.2, 0.25) is 0 Å². The smallest absolute Gasteiger partial charge is 0.251 e. The zero-order chi connectivity index (χ0) is 16.4. The molecule has 0 aromatic carbocycles. The van der Waals surface area contributed by atoms with Crippen LogP contribution in [0.15, 0.2) is 24.0 Å². The number of nitrogens with one attached hydrogen (secondary N) is 1.